The second kappa shape index (κ2) is 5.66. The molecule has 1 N–H and O–H groups in total. The molecule has 2 aliphatic rings. The van der Waals surface area contributed by atoms with E-state index in [1.807, 2.05) is 11.8 Å². The van der Waals surface area contributed by atoms with Crippen LogP contribution >= 0.6 is 0 Å². The standard InChI is InChI=1S/C17H24N2O2/c1-13-10-15(20)18-11-14(13)16(21)19-9-5-8-17(12-19)6-3-2-4-7-17/h10-11H,2-9,12H2,1H3,(H,18,20). The van der Waals surface area contributed by atoms with Crippen molar-refractivity contribution in [2.45, 2.75) is 51.9 Å². The van der Waals surface area contributed by atoms with Gasteiger partial charge in [-0.15, -0.1) is 0 Å². The number of rotatable bonds is 1. The van der Waals surface area contributed by atoms with Crippen molar-refractivity contribution in [1.82, 2.24) is 9.88 Å². The Balaban J connectivity index is 1.79. The number of H-pyrrole nitrogens is 1. The lowest BCUT2D eigenvalue weighted by Gasteiger charge is -2.45. The molecule has 3 rings (SSSR count). The monoisotopic (exact) mass is 288 g/mol. The van der Waals surface area contributed by atoms with Crippen LogP contribution in [0.15, 0.2) is 17.1 Å². The van der Waals surface area contributed by atoms with Gasteiger partial charge in [0.15, 0.2) is 0 Å². The van der Waals surface area contributed by atoms with Gasteiger partial charge in [-0.2, -0.15) is 0 Å². The lowest BCUT2D eigenvalue weighted by molar-refractivity contribution is 0.0383. The number of aryl methyl sites for hydroxylation is 1. The molecule has 0 aromatic carbocycles. The smallest absolute Gasteiger partial charge is 0.255 e. The number of nitrogens with one attached hydrogen (secondary N) is 1. The van der Waals surface area contributed by atoms with E-state index in [0.29, 0.717) is 11.0 Å². The molecule has 1 spiro atoms. The van der Waals surface area contributed by atoms with E-state index >= 15 is 0 Å². The van der Waals surface area contributed by atoms with Crippen LogP contribution in [-0.2, 0) is 0 Å². The summed E-state index contributed by atoms with van der Waals surface area (Å²) in [6, 6.07) is 1.51. The molecule has 1 aliphatic heterocycles. The lowest BCUT2D eigenvalue weighted by Crippen LogP contribution is -2.47. The molecule has 1 amide bonds. The van der Waals surface area contributed by atoms with Crippen molar-refractivity contribution in [3.63, 3.8) is 0 Å². The molecule has 4 nitrogen and oxygen atoms in total. The molecule has 1 saturated heterocycles. The molecule has 0 atom stereocenters. The predicted octanol–water partition coefficient (Wildman–Crippen LogP) is 2.87. The van der Waals surface area contributed by atoms with Crippen LogP contribution in [0.1, 0.15) is 60.9 Å². The molecule has 2 fully saturated rings. The lowest BCUT2D eigenvalue weighted by atomic mass is 9.69. The van der Waals surface area contributed by atoms with Gasteiger partial charge in [0.25, 0.3) is 5.91 Å². The van der Waals surface area contributed by atoms with E-state index in [2.05, 4.69) is 4.98 Å². The molecular formula is C17H24N2O2. The SMILES string of the molecule is Cc1cc(=O)[nH]cc1C(=O)N1CCCC2(CCCCC2)C1. The van der Waals surface area contributed by atoms with E-state index in [1.54, 1.807) is 6.20 Å². The quantitative estimate of drug-likeness (QED) is 0.864. The van der Waals surface area contributed by atoms with Crippen LogP contribution in [0.4, 0.5) is 0 Å². The van der Waals surface area contributed by atoms with Crippen LogP contribution in [0.2, 0.25) is 0 Å². The van der Waals surface area contributed by atoms with Gasteiger partial charge in [-0.05, 0) is 43.6 Å². The van der Waals surface area contributed by atoms with Gasteiger partial charge < -0.3 is 9.88 Å². The maximum atomic E-state index is 12.8. The van der Waals surface area contributed by atoms with Gasteiger partial charge in [0.2, 0.25) is 5.56 Å². The Hall–Kier alpha value is -1.58. The maximum Gasteiger partial charge on any atom is 0.255 e. The first-order valence-electron chi connectivity index (χ1n) is 8.08. The number of likely N-dealkylation sites (tertiary alicyclic amines) is 1. The molecule has 21 heavy (non-hydrogen) atoms. The topological polar surface area (TPSA) is 53.2 Å². The molecule has 1 aromatic heterocycles. The summed E-state index contributed by atoms with van der Waals surface area (Å²) in [5.41, 5.74) is 1.63. The third-order valence-corrected chi connectivity index (χ3v) is 5.22. The molecule has 1 aromatic rings. The number of carbonyl (C=O) groups is 1. The van der Waals surface area contributed by atoms with E-state index in [1.165, 1.54) is 44.6 Å². The number of aromatic nitrogens is 1. The number of hydrogen-bond acceptors (Lipinski definition) is 2. The molecular weight excluding hydrogens is 264 g/mol. The van der Waals surface area contributed by atoms with Crippen LogP contribution in [-0.4, -0.2) is 28.9 Å². The highest BCUT2D eigenvalue weighted by atomic mass is 16.2. The molecule has 2 heterocycles. The van der Waals surface area contributed by atoms with Crippen molar-refractivity contribution in [3.8, 4) is 0 Å². The number of hydrogen-bond donors (Lipinski definition) is 1. The van der Waals surface area contributed by atoms with Gasteiger partial charge >= 0.3 is 0 Å². The van der Waals surface area contributed by atoms with Crippen LogP contribution in [0.25, 0.3) is 0 Å². The largest absolute Gasteiger partial charge is 0.338 e. The summed E-state index contributed by atoms with van der Waals surface area (Å²) in [5, 5.41) is 0. The van der Waals surface area contributed by atoms with Gasteiger partial charge in [0, 0.05) is 25.4 Å². The van der Waals surface area contributed by atoms with E-state index in [0.717, 1.165) is 25.1 Å². The molecule has 1 saturated carbocycles. The van der Waals surface area contributed by atoms with Crippen molar-refractivity contribution in [3.05, 3.63) is 33.7 Å². The molecule has 114 valence electrons. The number of pyridine rings is 1. The number of amides is 1. The average Bonchev–Trinajstić information content (AvgIpc) is 2.47. The van der Waals surface area contributed by atoms with Crippen LogP contribution in [0, 0.1) is 12.3 Å². The Kier molecular flexibility index (Phi) is 3.87. The summed E-state index contributed by atoms with van der Waals surface area (Å²) in [7, 11) is 0. The Morgan fingerprint density at radius 3 is 2.62 bits per heavy atom. The first kappa shape index (κ1) is 14.4. The van der Waals surface area contributed by atoms with E-state index in [4.69, 9.17) is 0 Å². The zero-order valence-electron chi connectivity index (χ0n) is 12.8. The van der Waals surface area contributed by atoms with Crippen molar-refractivity contribution < 1.29 is 4.79 Å². The van der Waals surface area contributed by atoms with Gasteiger partial charge in [-0.3, -0.25) is 9.59 Å². The van der Waals surface area contributed by atoms with Gasteiger partial charge in [-0.25, -0.2) is 0 Å². The third-order valence-electron chi connectivity index (χ3n) is 5.22. The normalized spacial score (nSPS) is 21.5. The fraction of sp³-hybridized carbons (Fsp3) is 0.647. The van der Waals surface area contributed by atoms with Crippen molar-refractivity contribution in [1.29, 1.82) is 0 Å². The maximum absolute atomic E-state index is 12.8. The summed E-state index contributed by atoms with van der Waals surface area (Å²) >= 11 is 0. The molecule has 0 unspecified atom stereocenters. The number of nitrogens with zero attached hydrogens (tertiary/aromatic N) is 1. The minimum atomic E-state index is -0.147. The molecule has 4 heteroatoms. The summed E-state index contributed by atoms with van der Waals surface area (Å²) in [6.45, 7) is 3.58. The van der Waals surface area contributed by atoms with Gasteiger partial charge in [0.05, 0.1) is 5.56 Å². The van der Waals surface area contributed by atoms with Crippen LogP contribution in [0.5, 0.6) is 0 Å². The second-order valence-corrected chi connectivity index (χ2v) is 6.78. The number of piperidine rings is 1. The highest BCUT2D eigenvalue weighted by Crippen LogP contribution is 2.43. The average molecular weight is 288 g/mol. The van der Waals surface area contributed by atoms with E-state index in [-0.39, 0.29) is 11.5 Å². The number of aromatic amines is 1. The van der Waals surface area contributed by atoms with Crippen molar-refractivity contribution >= 4 is 5.91 Å². The Morgan fingerprint density at radius 1 is 1.19 bits per heavy atom. The minimum Gasteiger partial charge on any atom is -0.338 e. The van der Waals surface area contributed by atoms with Crippen molar-refractivity contribution in [2.24, 2.45) is 5.41 Å². The Morgan fingerprint density at radius 2 is 1.90 bits per heavy atom. The highest BCUT2D eigenvalue weighted by Gasteiger charge is 2.38. The molecule has 0 radical (unpaired) electrons. The highest BCUT2D eigenvalue weighted by molar-refractivity contribution is 5.95. The molecule has 1 aliphatic carbocycles. The van der Waals surface area contributed by atoms with E-state index in [9.17, 15) is 9.59 Å². The zero-order valence-corrected chi connectivity index (χ0v) is 12.8. The summed E-state index contributed by atoms with van der Waals surface area (Å²) < 4.78 is 0. The summed E-state index contributed by atoms with van der Waals surface area (Å²) in [6.07, 6.45) is 10.4. The number of carbonyl (C=O) groups excluding carboxylic acids is 1. The summed E-state index contributed by atoms with van der Waals surface area (Å²) in [4.78, 5) is 28.7. The Bertz CT molecular complexity index is 579. The Labute approximate surface area is 125 Å². The van der Waals surface area contributed by atoms with Gasteiger partial charge in [-0.1, -0.05) is 19.3 Å². The predicted molar refractivity (Wildman–Crippen MR) is 82.5 cm³/mol. The van der Waals surface area contributed by atoms with Crippen LogP contribution < -0.4 is 5.56 Å². The molecule has 0 bridgehead atoms. The second-order valence-electron chi connectivity index (χ2n) is 6.78. The first-order chi connectivity index (χ1) is 10.1. The third kappa shape index (κ3) is 2.89. The van der Waals surface area contributed by atoms with E-state index < -0.39 is 0 Å². The fourth-order valence-corrected chi connectivity index (χ4v) is 4.07. The van der Waals surface area contributed by atoms with Crippen molar-refractivity contribution in [2.75, 3.05) is 13.1 Å². The van der Waals surface area contributed by atoms with Crippen LogP contribution in [0.3, 0.4) is 0 Å². The zero-order chi connectivity index (χ0) is 14.9. The fourth-order valence-electron chi connectivity index (χ4n) is 4.07. The summed E-state index contributed by atoms with van der Waals surface area (Å²) in [5.74, 6) is 0.0772. The van der Waals surface area contributed by atoms with Gasteiger partial charge in [0.1, 0.15) is 0 Å². The first-order valence-corrected chi connectivity index (χ1v) is 8.08. The minimum absolute atomic E-state index is 0.0772.